The maximum atomic E-state index is 11.8. The Kier molecular flexibility index (Phi) is 3.87. The Labute approximate surface area is 99.2 Å². The van der Waals surface area contributed by atoms with Crippen LogP contribution in [0.4, 0.5) is 0 Å². The molecule has 2 heterocycles. The summed E-state index contributed by atoms with van der Waals surface area (Å²) in [5, 5.41) is 5.83. The number of aromatic nitrogens is 2. The Morgan fingerprint density at radius 1 is 1.71 bits per heavy atom. The van der Waals surface area contributed by atoms with E-state index in [-0.39, 0.29) is 11.9 Å². The Morgan fingerprint density at radius 3 is 3.18 bits per heavy atom. The predicted molar refractivity (Wildman–Crippen MR) is 61.3 cm³/mol. The topological polar surface area (TPSA) is 86.9 Å². The number of aromatic amines is 1. The first kappa shape index (κ1) is 11.8. The molecule has 2 rings (SSSR count). The number of carbonyl (C=O) groups is 2. The minimum Gasteiger partial charge on any atom is -0.348 e. The molecule has 17 heavy (non-hydrogen) atoms. The minimum atomic E-state index is -0.495. The Bertz CT molecular complexity index is 371. The number of amides is 1. The van der Waals surface area contributed by atoms with Crippen LogP contribution in [0.2, 0.25) is 0 Å². The quantitative estimate of drug-likeness (QED) is 0.595. The number of nitrogens with one attached hydrogen (secondary N) is 3. The molecule has 0 saturated carbocycles. The summed E-state index contributed by atoms with van der Waals surface area (Å²) in [7, 11) is 0. The second kappa shape index (κ2) is 5.58. The first-order chi connectivity index (χ1) is 8.29. The zero-order valence-electron chi connectivity index (χ0n) is 9.48. The van der Waals surface area contributed by atoms with E-state index in [1.165, 1.54) is 0 Å². The van der Waals surface area contributed by atoms with Crippen molar-refractivity contribution < 1.29 is 9.59 Å². The highest BCUT2D eigenvalue weighted by molar-refractivity contribution is 5.84. The van der Waals surface area contributed by atoms with Crippen LogP contribution in [0, 0.1) is 0 Å². The molecule has 0 spiro atoms. The number of hydrogen-bond acceptors (Lipinski definition) is 4. The van der Waals surface area contributed by atoms with E-state index < -0.39 is 6.04 Å². The summed E-state index contributed by atoms with van der Waals surface area (Å²) in [6.45, 7) is 0.865. The molecule has 6 heteroatoms. The fourth-order valence-corrected chi connectivity index (χ4v) is 1.96. The van der Waals surface area contributed by atoms with Crippen molar-refractivity contribution in [2.45, 2.75) is 31.3 Å². The van der Waals surface area contributed by atoms with Gasteiger partial charge in [-0.15, -0.1) is 0 Å². The number of imidazole rings is 1. The van der Waals surface area contributed by atoms with E-state index in [1.54, 1.807) is 12.5 Å². The normalized spacial score (nSPS) is 21.1. The third kappa shape index (κ3) is 3.13. The maximum Gasteiger partial charge on any atom is 0.237 e. The first-order valence-corrected chi connectivity index (χ1v) is 5.76. The maximum absolute atomic E-state index is 11.8. The highest BCUT2D eigenvalue weighted by Gasteiger charge is 2.24. The van der Waals surface area contributed by atoms with Gasteiger partial charge in [0.1, 0.15) is 6.29 Å². The molecule has 1 aromatic heterocycles. The fraction of sp³-hybridized carbons (Fsp3) is 0.545. The molecule has 2 atom stereocenters. The van der Waals surface area contributed by atoms with Crippen LogP contribution in [-0.2, 0) is 16.0 Å². The van der Waals surface area contributed by atoms with Crippen molar-refractivity contribution >= 4 is 12.2 Å². The van der Waals surface area contributed by atoms with Gasteiger partial charge in [-0.1, -0.05) is 0 Å². The van der Waals surface area contributed by atoms with Gasteiger partial charge in [-0.3, -0.25) is 4.79 Å². The van der Waals surface area contributed by atoms with Gasteiger partial charge in [-0.2, -0.15) is 0 Å². The van der Waals surface area contributed by atoms with Crippen molar-refractivity contribution in [2.75, 3.05) is 6.54 Å². The number of H-pyrrole nitrogens is 1. The molecule has 0 aromatic carbocycles. The number of aldehydes is 1. The van der Waals surface area contributed by atoms with Crippen LogP contribution in [0.25, 0.3) is 0 Å². The monoisotopic (exact) mass is 236 g/mol. The van der Waals surface area contributed by atoms with Crippen LogP contribution in [0.5, 0.6) is 0 Å². The van der Waals surface area contributed by atoms with Gasteiger partial charge in [0.05, 0.1) is 18.4 Å². The van der Waals surface area contributed by atoms with Gasteiger partial charge in [-0.25, -0.2) is 4.98 Å². The summed E-state index contributed by atoms with van der Waals surface area (Å²) in [4.78, 5) is 29.5. The minimum absolute atomic E-state index is 0.0980. The number of nitrogens with zero attached hydrogens (tertiary/aromatic N) is 1. The average molecular weight is 236 g/mol. The number of hydrogen-bond donors (Lipinski definition) is 3. The highest BCUT2D eigenvalue weighted by Crippen LogP contribution is 2.05. The summed E-state index contributed by atoms with van der Waals surface area (Å²) < 4.78 is 0. The van der Waals surface area contributed by atoms with Gasteiger partial charge in [0.25, 0.3) is 0 Å². The highest BCUT2D eigenvalue weighted by atomic mass is 16.2. The van der Waals surface area contributed by atoms with Crippen molar-refractivity contribution in [3.05, 3.63) is 18.2 Å². The molecule has 1 saturated heterocycles. The second-order valence-electron chi connectivity index (χ2n) is 4.18. The standard InChI is InChI=1S/C11H16N4O2/c16-6-9(4-8-5-12-7-14-8)15-11(17)10-2-1-3-13-10/h5-7,9-10,13H,1-4H2,(H,12,14)(H,15,17). The molecule has 1 aromatic rings. The average Bonchev–Trinajstić information content (AvgIpc) is 3.00. The molecule has 2 unspecified atom stereocenters. The predicted octanol–water partition coefficient (Wildman–Crippen LogP) is -0.612. The molecule has 92 valence electrons. The van der Waals surface area contributed by atoms with E-state index in [2.05, 4.69) is 20.6 Å². The fourth-order valence-electron chi connectivity index (χ4n) is 1.96. The van der Waals surface area contributed by atoms with E-state index in [0.29, 0.717) is 6.42 Å². The molecule has 1 amide bonds. The molecule has 0 bridgehead atoms. The molecule has 0 radical (unpaired) electrons. The van der Waals surface area contributed by atoms with Crippen molar-refractivity contribution in [3.63, 3.8) is 0 Å². The lowest BCUT2D eigenvalue weighted by Crippen LogP contribution is -2.46. The van der Waals surface area contributed by atoms with Gasteiger partial charge < -0.3 is 20.4 Å². The summed E-state index contributed by atoms with van der Waals surface area (Å²) in [6, 6.07) is -0.649. The molecule has 1 fully saturated rings. The van der Waals surface area contributed by atoms with E-state index in [1.807, 2.05) is 0 Å². The summed E-state index contributed by atoms with van der Waals surface area (Å²) in [6.07, 6.45) is 6.25. The van der Waals surface area contributed by atoms with Crippen molar-refractivity contribution in [3.8, 4) is 0 Å². The zero-order valence-corrected chi connectivity index (χ0v) is 9.48. The SMILES string of the molecule is O=CC(Cc1cnc[nH]1)NC(=O)C1CCCN1. The zero-order chi connectivity index (χ0) is 12.1. The lowest BCUT2D eigenvalue weighted by molar-refractivity contribution is -0.125. The van der Waals surface area contributed by atoms with Crippen molar-refractivity contribution in [1.82, 2.24) is 20.6 Å². The second-order valence-corrected chi connectivity index (χ2v) is 4.18. The molecular formula is C11H16N4O2. The third-order valence-electron chi connectivity index (χ3n) is 2.86. The van der Waals surface area contributed by atoms with Gasteiger partial charge in [-0.05, 0) is 19.4 Å². The van der Waals surface area contributed by atoms with Gasteiger partial charge in [0, 0.05) is 18.3 Å². The Morgan fingerprint density at radius 2 is 2.59 bits per heavy atom. The Balaban J connectivity index is 1.86. The number of carbonyl (C=O) groups excluding carboxylic acids is 2. The molecule has 6 nitrogen and oxygen atoms in total. The van der Waals surface area contributed by atoms with Crippen LogP contribution >= 0.6 is 0 Å². The van der Waals surface area contributed by atoms with Crippen LogP contribution in [0.3, 0.4) is 0 Å². The molecule has 0 aliphatic carbocycles. The van der Waals surface area contributed by atoms with Gasteiger partial charge in [0.2, 0.25) is 5.91 Å². The summed E-state index contributed by atoms with van der Waals surface area (Å²) in [5.41, 5.74) is 0.835. The van der Waals surface area contributed by atoms with Crippen molar-refractivity contribution in [2.24, 2.45) is 0 Å². The number of rotatable bonds is 5. The largest absolute Gasteiger partial charge is 0.348 e. The van der Waals surface area contributed by atoms with E-state index in [9.17, 15) is 9.59 Å². The molecule has 1 aliphatic heterocycles. The van der Waals surface area contributed by atoms with E-state index >= 15 is 0 Å². The lowest BCUT2D eigenvalue weighted by Gasteiger charge is -2.15. The van der Waals surface area contributed by atoms with Crippen LogP contribution in [-0.4, -0.2) is 40.8 Å². The third-order valence-corrected chi connectivity index (χ3v) is 2.86. The van der Waals surface area contributed by atoms with Crippen LogP contribution in [0.15, 0.2) is 12.5 Å². The lowest BCUT2D eigenvalue weighted by atomic mass is 10.1. The summed E-state index contributed by atoms with van der Waals surface area (Å²) >= 11 is 0. The molecular weight excluding hydrogens is 220 g/mol. The van der Waals surface area contributed by atoms with Crippen LogP contribution in [0.1, 0.15) is 18.5 Å². The van der Waals surface area contributed by atoms with E-state index in [0.717, 1.165) is 31.4 Å². The molecule has 3 N–H and O–H groups in total. The van der Waals surface area contributed by atoms with E-state index in [4.69, 9.17) is 0 Å². The molecule has 1 aliphatic rings. The smallest absolute Gasteiger partial charge is 0.237 e. The van der Waals surface area contributed by atoms with Crippen molar-refractivity contribution in [1.29, 1.82) is 0 Å². The Hall–Kier alpha value is -1.69. The first-order valence-electron chi connectivity index (χ1n) is 5.76. The van der Waals surface area contributed by atoms with Gasteiger partial charge >= 0.3 is 0 Å². The summed E-state index contributed by atoms with van der Waals surface area (Å²) in [5.74, 6) is -0.0980. The van der Waals surface area contributed by atoms with Gasteiger partial charge in [0.15, 0.2) is 0 Å². The van der Waals surface area contributed by atoms with Crippen LogP contribution < -0.4 is 10.6 Å².